The van der Waals surface area contributed by atoms with Gasteiger partial charge in [-0.05, 0) is 25.1 Å². The van der Waals surface area contributed by atoms with E-state index in [1.54, 1.807) is 12.1 Å². The molecule has 0 saturated carbocycles. The van der Waals surface area contributed by atoms with Crippen LogP contribution in [0.5, 0.6) is 0 Å². The van der Waals surface area contributed by atoms with E-state index >= 15 is 0 Å². The quantitative estimate of drug-likeness (QED) is 0.767. The van der Waals surface area contributed by atoms with Crippen molar-refractivity contribution in [1.29, 1.82) is 0 Å². The lowest BCUT2D eigenvalue weighted by Gasteiger charge is -2.00. The number of furan rings is 1. The Morgan fingerprint density at radius 1 is 1.19 bits per heavy atom. The molecular formula is C12H10O3S. The molecule has 16 heavy (non-hydrogen) atoms. The van der Waals surface area contributed by atoms with Gasteiger partial charge in [0.05, 0.1) is 11.8 Å². The molecule has 0 fully saturated rings. The van der Waals surface area contributed by atoms with E-state index in [1.165, 1.54) is 12.3 Å². The number of hydrogen-bond donors (Lipinski definition) is 0. The molecule has 0 bridgehead atoms. The van der Waals surface area contributed by atoms with Gasteiger partial charge in [-0.3, -0.25) is 4.79 Å². The molecular weight excluding hydrogens is 224 g/mol. The Bertz CT molecular complexity index is 525. The van der Waals surface area contributed by atoms with Gasteiger partial charge >= 0.3 is 0 Å². The predicted octanol–water partition coefficient (Wildman–Crippen LogP) is 2.57. The number of carbonyl (C=O) groups excluding carboxylic acids is 1. The summed E-state index contributed by atoms with van der Waals surface area (Å²) >= 11 is 0. The van der Waals surface area contributed by atoms with Crippen molar-refractivity contribution in [2.24, 2.45) is 0 Å². The zero-order chi connectivity index (χ0) is 11.5. The van der Waals surface area contributed by atoms with Gasteiger partial charge in [0.2, 0.25) is 5.09 Å². The summed E-state index contributed by atoms with van der Waals surface area (Å²) < 4.78 is 17.1. The van der Waals surface area contributed by atoms with Crippen LogP contribution < -0.4 is 0 Å². The SMILES string of the molecule is Cc1ccc([S@](=O)c2occc2C=O)cc1. The molecule has 0 aliphatic rings. The van der Waals surface area contributed by atoms with Crippen molar-refractivity contribution in [3.63, 3.8) is 0 Å². The molecule has 0 amide bonds. The molecule has 0 saturated heterocycles. The minimum atomic E-state index is -1.43. The van der Waals surface area contributed by atoms with Crippen LogP contribution in [0.25, 0.3) is 0 Å². The summed E-state index contributed by atoms with van der Waals surface area (Å²) in [4.78, 5) is 11.3. The van der Waals surface area contributed by atoms with Crippen molar-refractivity contribution in [3.05, 3.63) is 47.7 Å². The summed E-state index contributed by atoms with van der Waals surface area (Å²) in [5, 5.41) is 0.207. The lowest BCUT2D eigenvalue weighted by Crippen LogP contribution is -1.94. The van der Waals surface area contributed by atoms with Crippen LogP contribution in [0.15, 0.2) is 51.0 Å². The zero-order valence-electron chi connectivity index (χ0n) is 8.67. The van der Waals surface area contributed by atoms with E-state index in [2.05, 4.69) is 0 Å². The number of benzene rings is 1. The predicted molar refractivity (Wildman–Crippen MR) is 59.9 cm³/mol. The summed E-state index contributed by atoms with van der Waals surface area (Å²) in [7, 11) is -1.43. The Hall–Kier alpha value is -1.68. The molecule has 4 heteroatoms. The van der Waals surface area contributed by atoms with Gasteiger partial charge in [-0.1, -0.05) is 17.7 Å². The Balaban J connectivity index is 2.39. The summed E-state index contributed by atoms with van der Waals surface area (Å²) in [5.41, 5.74) is 1.43. The number of aldehydes is 1. The van der Waals surface area contributed by atoms with E-state index in [4.69, 9.17) is 4.42 Å². The van der Waals surface area contributed by atoms with Crippen LogP contribution in [0, 0.1) is 6.92 Å². The smallest absolute Gasteiger partial charge is 0.205 e. The maximum absolute atomic E-state index is 12.1. The topological polar surface area (TPSA) is 47.3 Å². The molecule has 0 N–H and O–H groups in total. The first-order chi connectivity index (χ1) is 7.72. The molecule has 1 aromatic carbocycles. The Morgan fingerprint density at radius 2 is 1.88 bits per heavy atom. The van der Waals surface area contributed by atoms with Gasteiger partial charge < -0.3 is 4.42 Å². The molecule has 0 unspecified atom stereocenters. The molecule has 1 heterocycles. The first kappa shape index (κ1) is 10.8. The Morgan fingerprint density at radius 3 is 2.50 bits per heavy atom. The highest BCUT2D eigenvalue weighted by Gasteiger charge is 2.14. The van der Waals surface area contributed by atoms with Gasteiger partial charge in [-0.15, -0.1) is 0 Å². The van der Waals surface area contributed by atoms with Crippen LogP contribution in [-0.4, -0.2) is 10.5 Å². The van der Waals surface area contributed by atoms with Gasteiger partial charge in [-0.2, -0.15) is 0 Å². The Kier molecular flexibility index (Phi) is 3.01. The van der Waals surface area contributed by atoms with Crippen LogP contribution in [0.2, 0.25) is 0 Å². The highest BCUT2D eigenvalue weighted by atomic mass is 32.2. The second kappa shape index (κ2) is 4.45. The molecule has 0 aliphatic carbocycles. The monoisotopic (exact) mass is 234 g/mol. The third kappa shape index (κ3) is 1.97. The molecule has 1 atom stereocenters. The van der Waals surface area contributed by atoms with Gasteiger partial charge in [-0.25, -0.2) is 4.21 Å². The maximum Gasteiger partial charge on any atom is 0.205 e. The number of carbonyl (C=O) groups is 1. The van der Waals surface area contributed by atoms with E-state index in [1.807, 2.05) is 19.1 Å². The van der Waals surface area contributed by atoms with Crippen molar-refractivity contribution in [2.45, 2.75) is 16.9 Å². The van der Waals surface area contributed by atoms with E-state index < -0.39 is 10.8 Å². The van der Waals surface area contributed by atoms with Gasteiger partial charge in [0, 0.05) is 4.90 Å². The van der Waals surface area contributed by atoms with Gasteiger partial charge in [0.15, 0.2) is 6.29 Å². The highest BCUT2D eigenvalue weighted by Crippen LogP contribution is 2.20. The van der Waals surface area contributed by atoms with Gasteiger partial charge in [0.25, 0.3) is 0 Å². The largest absolute Gasteiger partial charge is 0.454 e. The first-order valence-electron chi connectivity index (χ1n) is 4.73. The first-order valence-corrected chi connectivity index (χ1v) is 5.88. The third-order valence-corrected chi connectivity index (χ3v) is 3.56. The van der Waals surface area contributed by atoms with Gasteiger partial charge in [0.1, 0.15) is 10.8 Å². The lowest BCUT2D eigenvalue weighted by atomic mass is 10.2. The molecule has 1 aromatic heterocycles. The van der Waals surface area contributed by atoms with Crippen molar-refractivity contribution in [2.75, 3.05) is 0 Å². The van der Waals surface area contributed by atoms with Crippen molar-refractivity contribution in [1.82, 2.24) is 0 Å². The zero-order valence-corrected chi connectivity index (χ0v) is 9.49. The summed E-state index contributed by atoms with van der Waals surface area (Å²) in [6.45, 7) is 1.95. The second-order valence-corrected chi connectivity index (χ2v) is 4.74. The molecule has 0 aliphatic heterocycles. The number of hydrogen-bond acceptors (Lipinski definition) is 3. The van der Waals surface area contributed by atoms with Crippen LogP contribution in [0.4, 0.5) is 0 Å². The Labute approximate surface area is 95.5 Å². The fourth-order valence-electron chi connectivity index (χ4n) is 1.31. The second-order valence-electron chi connectivity index (χ2n) is 3.36. The lowest BCUT2D eigenvalue weighted by molar-refractivity contribution is 0.111. The van der Waals surface area contributed by atoms with E-state index in [0.717, 1.165) is 5.56 Å². The standard InChI is InChI=1S/C12H10O3S/c1-9-2-4-11(5-3-9)16(14)12-10(8-13)6-7-15-12/h2-8H,1H3/t16-/m0/s1. The van der Waals surface area contributed by atoms with Crippen LogP contribution in [0.3, 0.4) is 0 Å². The molecule has 3 nitrogen and oxygen atoms in total. The minimum Gasteiger partial charge on any atom is -0.454 e. The minimum absolute atomic E-state index is 0.207. The number of rotatable bonds is 3. The van der Waals surface area contributed by atoms with Crippen LogP contribution in [-0.2, 0) is 10.8 Å². The average Bonchev–Trinajstić information content (AvgIpc) is 2.77. The number of aryl methyl sites for hydroxylation is 1. The summed E-state index contributed by atoms with van der Waals surface area (Å²) in [6.07, 6.45) is 2.01. The molecule has 2 aromatic rings. The summed E-state index contributed by atoms with van der Waals surface area (Å²) in [6, 6.07) is 8.78. The maximum atomic E-state index is 12.1. The fourth-order valence-corrected chi connectivity index (χ4v) is 2.38. The van der Waals surface area contributed by atoms with E-state index in [9.17, 15) is 9.00 Å². The third-order valence-electron chi connectivity index (χ3n) is 2.19. The summed E-state index contributed by atoms with van der Waals surface area (Å²) in [5.74, 6) is 0. The normalized spacial score (nSPS) is 12.3. The highest BCUT2D eigenvalue weighted by molar-refractivity contribution is 7.85. The van der Waals surface area contributed by atoms with Crippen LogP contribution >= 0.6 is 0 Å². The molecule has 0 radical (unpaired) electrons. The average molecular weight is 234 g/mol. The fraction of sp³-hybridized carbons (Fsp3) is 0.0833. The van der Waals surface area contributed by atoms with Crippen molar-refractivity contribution < 1.29 is 13.4 Å². The van der Waals surface area contributed by atoms with Crippen molar-refractivity contribution >= 4 is 17.1 Å². The molecule has 2 rings (SSSR count). The van der Waals surface area contributed by atoms with Crippen molar-refractivity contribution in [3.8, 4) is 0 Å². The molecule has 82 valence electrons. The molecule has 0 spiro atoms. The van der Waals surface area contributed by atoms with E-state index in [-0.39, 0.29) is 5.09 Å². The van der Waals surface area contributed by atoms with Crippen LogP contribution in [0.1, 0.15) is 15.9 Å². The van der Waals surface area contributed by atoms with E-state index in [0.29, 0.717) is 16.7 Å².